The van der Waals surface area contributed by atoms with E-state index in [1.165, 1.54) is 13.1 Å². The quantitative estimate of drug-likeness (QED) is 0.689. The van der Waals surface area contributed by atoms with Crippen molar-refractivity contribution in [1.82, 2.24) is 4.72 Å². The summed E-state index contributed by atoms with van der Waals surface area (Å²) in [6, 6.07) is 9.72. The number of anilines is 2. The van der Waals surface area contributed by atoms with Gasteiger partial charge in [0, 0.05) is 22.9 Å². The zero-order valence-corrected chi connectivity index (χ0v) is 17.4. The Labute approximate surface area is 165 Å². The van der Waals surface area contributed by atoms with E-state index in [4.69, 9.17) is 0 Å². The van der Waals surface area contributed by atoms with Gasteiger partial charge in [0.1, 0.15) is 0 Å². The molecule has 150 valence electrons. The van der Waals surface area contributed by atoms with Gasteiger partial charge in [-0.1, -0.05) is 13.8 Å². The molecule has 0 aliphatic carbocycles. The van der Waals surface area contributed by atoms with Crippen LogP contribution in [0, 0.1) is 19.8 Å². The molecule has 0 aromatic heterocycles. The number of carbonyl (C=O) groups is 2. The molecule has 0 spiro atoms. The third-order valence-corrected chi connectivity index (χ3v) is 5.92. The highest BCUT2D eigenvalue weighted by Gasteiger charge is 2.19. The highest BCUT2D eigenvalue weighted by molar-refractivity contribution is 7.89. The lowest BCUT2D eigenvalue weighted by molar-refractivity contribution is -0.118. The molecule has 2 aromatic rings. The highest BCUT2D eigenvalue weighted by atomic mass is 32.2. The van der Waals surface area contributed by atoms with Gasteiger partial charge in [-0.05, 0) is 68.4 Å². The smallest absolute Gasteiger partial charge is 0.255 e. The molecule has 7 nitrogen and oxygen atoms in total. The zero-order valence-electron chi connectivity index (χ0n) is 16.6. The molecule has 0 fully saturated rings. The lowest BCUT2D eigenvalue weighted by Gasteiger charge is -2.13. The molecule has 28 heavy (non-hydrogen) atoms. The molecule has 0 aliphatic rings. The second-order valence-corrected chi connectivity index (χ2v) is 8.65. The van der Waals surface area contributed by atoms with Gasteiger partial charge in [-0.3, -0.25) is 9.59 Å². The van der Waals surface area contributed by atoms with Crippen molar-refractivity contribution in [2.45, 2.75) is 32.6 Å². The predicted molar refractivity (Wildman–Crippen MR) is 110 cm³/mol. The summed E-state index contributed by atoms with van der Waals surface area (Å²) in [4.78, 5) is 24.4. The summed E-state index contributed by atoms with van der Waals surface area (Å²) in [5, 5.41) is 5.51. The molecule has 0 atom stereocenters. The predicted octanol–water partition coefficient (Wildman–Crippen LogP) is 3.06. The summed E-state index contributed by atoms with van der Waals surface area (Å²) >= 11 is 0. The van der Waals surface area contributed by atoms with Crippen LogP contribution in [0.25, 0.3) is 0 Å². The first kappa shape index (κ1) is 21.6. The first-order chi connectivity index (χ1) is 13.0. The van der Waals surface area contributed by atoms with Gasteiger partial charge < -0.3 is 10.6 Å². The monoisotopic (exact) mass is 403 g/mol. The molecular weight excluding hydrogens is 378 g/mol. The van der Waals surface area contributed by atoms with Crippen LogP contribution in [-0.4, -0.2) is 27.3 Å². The van der Waals surface area contributed by atoms with Crippen LogP contribution in [-0.2, 0) is 14.8 Å². The molecule has 8 heteroatoms. The SMILES string of the molecule is CNS(=O)(=O)c1cc(C(=O)Nc2ccc(NC(=O)C(C)C)cc2)cc(C)c1C. The Kier molecular flexibility index (Phi) is 6.58. The van der Waals surface area contributed by atoms with Crippen molar-refractivity contribution < 1.29 is 18.0 Å². The fraction of sp³-hybridized carbons (Fsp3) is 0.300. The van der Waals surface area contributed by atoms with Crippen molar-refractivity contribution in [3.8, 4) is 0 Å². The van der Waals surface area contributed by atoms with Crippen LogP contribution in [0.1, 0.15) is 35.3 Å². The van der Waals surface area contributed by atoms with Gasteiger partial charge in [0.05, 0.1) is 4.90 Å². The minimum absolute atomic E-state index is 0.0758. The summed E-state index contributed by atoms with van der Waals surface area (Å²) in [6.45, 7) is 7.06. The molecule has 0 saturated carbocycles. The standard InChI is InChI=1S/C20H25N3O4S/c1-12(2)19(24)22-16-6-8-17(9-7-16)23-20(25)15-10-13(3)14(4)18(11-15)28(26,27)21-5/h6-12,21H,1-5H3,(H,22,24)(H,23,25). The van der Waals surface area contributed by atoms with Gasteiger partial charge in [-0.25, -0.2) is 13.1 Å². The molecular formula is C20H25N3O4S. The number of nitrogens with one attached hydrogen (secondary N) is 3. The van der Waals surface area contributed by atoms with Crippen molar-refractivity contribution in [2.24, 2.45) is 5.92 Å². The highest BCUT2D eigenvalue weighted by Crippen LogP contribution is 2.22. The third-order valence-electron chi connectivity index (χ3n) is 4.37. The van der Waals surface area contributed by atoms with E-state index in [1.54, 1.807) is 58.0 Å². The zero-order chi connectivity index (χ0) is 21.1. The van der Waals surface area contributed by atoms with E-state index in [1.807, 2.05) is 0 Å². The molecule has 2 rings (SSSR count). The van der Waals surface area contributed by atoms with Gasteiger partial charge in [-0.2, -0.15) is 0 Å². The summed E-state index contributed by atoms with van der Waals surface area (Å²) in [5.41, 5.74) is 2.70. The minimum atomic E-state index is -3.67. The van der Waals surface area contributed by atoms with Crippen LogP contribution < -0.4 is 15.4 Å². The van der Waals surface area contributed by atoms with Crippen LogP contribution in [0.4, 0.5) is 11.4 Å². The van der Waals surface area contributed by atoms with Crippen molar-refractivity contribution >= 4 is 33.2 Å². The van der Waals surface area contributed by atoms with E-state index in [0.717, 1.165) is 0 Å². The second kappa shape index (κ2) is 8.53. The molecule has 0 heterocycles. The average molecular weight is 404 g/mol. The van der Waals surface area contributed by atoms with Gasteiger partial charge >= 0.3 is 0 Å². The van der Waals surface area contributed by atoms with E-state index < -0.39 is 15.9 Å². The number of hydrogen-bond donors (Lipinski definition) is 3. The Morgan fingerprint density at radius 2 is 1.46 bits per heavy atom. The summed E-state index contributed by atoms with van der Waals surface area (Å²) in [7, 11) is -2.34. The van der Waals surface area contributed by atoms with Gasteiger partial charge in [0.2, 0.25) is 15.9 Å². The molecule has 2 amide bonds. The second-order valence-electron chi connectivity index (χ2n) is 6.80. The maximum absolute atomic E-state index is 12.6. The fourth-order valence-electron chi connectivity index (χ4n) is 2.47. The lowest BCUT2D eigenvalue weighted by atomic mass is 10.1. The van der Waals surface area contributed by atoms with Crippen LogP contribution in [0.15, 0.2) is 41.3 Å². The topological polar surface area (TPSA) is 104 Å². The van der Waals surface area contributed by atoms with Crippen molar-refractivity contribution in [3.05, 3.63) is 53.1 Å². The number of hydrogen-bond acceptors (Lipinski definition) is 4. The number of rotatable bonds is 6. The number of sulfonamides is 1. The Morgan fingerprint density at radius 3 is 1.96 bits per heavy atom. The van der Waals surface area contributed by atoms with E-state index in [-0.39, 0.29) is 22.3 Å². The van der Waals surface area contributed by atoms with Crippen LogP contribution >= 0.6 is 0 Å². The molecule has 2 aromatic carbocycles. The van der Waals surface area contributed by atoms with Gasteiger partial charge in [0.25, 0.3) is 5.91 Å². The number of carbonyl (C=O) groups excluding carboxylic acids is 2. The number of amides is 2. The Hall–Kier alpha value is -2.71. The van der Waals surface area contributed by atoms with E-state index in [9.17, 15) is 18.0 Å². The van der Waals surface area contributed by atoms with E-state index >= 15 is 0 Å². The van der Waals surface area contributed by atoms with Gasteiger partial charge in [0.15, 0.2) is 0 Å². The molecule has 0 unspecified atom stereocenters. The average Bonchev–Trinajstić information content (AvgIpc) is 2.64. The number of aryl methyl sites for hydroxylation is 1. The maximum Gasteiger partial charge on any atom is 0.255 e. The Morgan fingerprint density at radius 1 is 0.929 bits per heavy atom. The normalized spacial score (nSPS) is 11.4. The Balaban J connectivity index is 2.22. The summed E-state index contributed by atoms with van der Waals surface area (Å²) < 4.78 is 26.7. The van der Waals surface area contributed by atoms with E-state index in [2.05, 4.69) is 15.4 Å². The fourth-order valence-corrected chi connectivity index (χ4v) is 3.54. The third kappa shape index (κ3) is 4.96. The molecule has 0 saturated heterocycles. The first-order valence-electron chi connectivity index (χ1n) is 8.82. The number of benzene rings is 2. The summed E-state index contributed by atoms with van der Waals surface area (Å²) in [5.74, 6) is -0.646. The molecule has 0 aliphatic heterocycles. The van der Waals surface area contributed by atoms with E-state index in [0.29, 0.717) is 22.5 Å². The first-order valence-corrected chi connectivity index (χ1v) is 10.3. The van der Waals surface area contributed by atoms with Crippen LogP contribution in [0.2, 0.25) is 0 Å². The lowest BCUT2D eigenvalue weighted by Crippen LogP contribution is -2.21. The van der Waals surface area contributed by atoms with Gasteiger partial charge in [-0.15, -0.1) is 0 Å². The molecule has 0 bridgehead atoms. The maximum atomic E-state index is 12.6. The van der Waals surface area contributed by atoms with Crippen LogP contribution in [0.3, 0.4) is 0 Å². The minimum Gasteiger partial charge on any atom is -0.326 e. The van der Waals surface area contributed by atoms with Crippen molar-refractivity contribution in [1.29, 1.82) is 0 Å². The van der Waals surface area contributed by atoms with Crippen LogP contribution in [0.5, 0.6) is 0 Å². The largest absolute Gasteiger partial charge is 0.326 e. The van der Waals surface area contributed by atoms with Crippen molar-refractivity contribution in [2.75, 3.05) is 17.7 Å². The van der Waals surface area contributed by atoms with Crippen molar-refractivity contribution in [3.63, 3.8) is 0 Å². The molecule has 0 radical (unpaired) electrons. The Bertz CT molecular complexity index is 997. The summed E-state index contributed by atoms with van der Waals surface area (Å²) in [6.07, 6.45) is 0. The molecule has 3 N–H and O–H groups in total.